The highest BCUT2D eigenvalue weighted by atomic mass is 19.1. The Morgan fingerprint density at radius 2 is 1.84 bits per heavy atom. The van der Waals surface area contributed by atoms with Crippen LogP contribution in [-0.4, -0.2) is 19.2 Å². The van der Waals surface area contributed by atoms with E-state index in [-0.39, 0.29) is 24.7 Å². The highest BCUT2D eigenvalue weighted by Gasteiger charge is 2.25. The second-order valence-electron chi connectivity index (χ2n) is 5.27. The Kier molecular flexibility index (Phi) is 5.37. The van der Waals surface area contributed by atoms with Crippen LogP contribution in [0.1, 0.15) is 11.1 Å². The van der Waals surface area contributed by atoms with E-state index in [1.54, 1.807) is 0 Å². The van der Waals surface area contributed by atoms with Gasteiger partial charge < -0.3 is 14.2 Å². The van der Waals surface area contributed by atoms with Gasteiger partial charge in [-0.1, -0.05) is 30.3 Å². The summed E-state index contributed by atoms with van der Waals surface area (Å²) < 4.78 is 42.0. The molecule has 1 fully saturated rings. The first-order valence-corrected chi connectivity index (χ1v) is 7.49. The molecule has 7 heteroatoms. The van der Waals surface area contributed by atoms with Crippen molar-refractivity contribution in [1.82, 2.24) is 5.32 Å². The maximum atomic E-state index is 13.3. The molecular weight excluding hydrogens is 332 g/mol. The van der Waals surface area contributed by atoms with Crippen molar-refractivity contribution in [2.45, 2.75) is 12.9 Å². The van der Waals surface area contributed by atoms with Gasteiger partial charge in [-0.2, -0.15) is 0 Å². The van der Waals surface area contributed by atoms with Gasteiger partial charge in [-0.3, -0.25) is 5.32 Å². The maximum Gasteiger partial charge on any atom is 0.411 e. The van der Waals surface area contributed by atoms with Crippen LogP contribution in [0.15, 0.2) is 54.2 Å². The summed E-state index contributed by atoms with van der Waals surface area (Å²) in [5.41, 5.74) is 1.23. The molecule has 2 aromatic rings. The number of halogens is 2. The van der Waals surface area contributed by atoms with Gasteiger partial charge in [0, 0.05) is 6.07 Å². The zero-order chi connectivity index (χ0) is 17.6. The molecule has 0 atom stereocenters. The molecule has 1 heterocycles. The summed E-state index contributed by atoms with van der Waals surface area (Å²) in [6.07, 6.45) is -0.193. The Balaban J connectivity index is 1.68. The third kappa shape index (κ3) is 4.85. The molecule has 0 bridgehead atoms. The molecule has 1 aliphatic heterocycles. The molecule has 1 saturated heterocycles. The smallest absolute Gasteiger partial charge is 0.411 e. The number of amides is 1. The third-order valence-electron chi connectivity index (χ3n) is 3.36. The van der Waals surface area contributed by atoms with E-state index in [1.807, 2.05) is 30.3 Å². The molecule has 130 valence electrons. The van der Waals surface area contributed by atoms with Crippen molar-refractivity contribution < 1.29 is 27.8 Å². The van der Waals surface area contributed by atoms with Crippen LogP contribution < -0.4 is 5.32 Å². The first kappa shape index (κ1) is 17.1. The summed E-state index contributed by atoms with van der Waals surface area (Å²) in [6, 6.07) is 12.2. The summed E-state index contributed by atoms with van der Waals surface area (Å²) in [4.78, 5) is 12.0. The largest absolute Gasteiger partial charge is 0.444 e. The van der Waals surface area contributed by atoms with Crippen LogP contribution >= 0.6 is 0 Å². The molecule has 0 spiro atoms. The Hall–Kier alpha value is -2.77. The van der Waals surface area contributed by atoms with Crippen LogP contribution in [0.3, 0.4) is 0 Å². The summed E-state index contributed by atoms with van der Waals surface area (Å²) in [7, 11) is 0. The van der Waals surface area contributed by atoms with Crippen LogP contribution in [0.4, 0.5) is 13.6 Å². The SMILES string of the molecule is O=C(N/C(=C\c1cc(F)cc(F)c1)C1OCO1)OCc1ccccc1. The molecule has 5 nitrogen and oxygen atoms in total. The lowest BCUT2D eigenvalue weighted by molar-refractivity contribution is -0.302. The van der Waals surface area contributed by atoms with Gasteiger partial charge >= 0.3 is 6.09 Å². The standard InChI is InChI=1S/C18H15F2NO4/c19-14-6-13(7-15(20)9-14)8-16(17-24-11-25-17)21-18(22)23-10-12-4-2-1-3-5-12/h1-9,17H,10-11H2,(H,21,22)/b16-8-. The topological polar surface area (TPSA) is 56.8 Å². The molecule has 0 aliphatic carbocycles. The number of benzene rings is 2. The summed E-state index contributed by atoms with van der Waals surface area (Å²) in [5, 5.41) is 2.48. The Morgan fingerprint density at radius 3 is 2.44 bits per heavy atom. The fourth-order valence-electron chi connectivity index (χ4n) is 2.19. The van der Waals surface area contributed by atoms with E-state index in [0.717, 1.165) is 23.8 Å². The van der Waals surface area contributed by atoms with Crippen molar-refractivity contribution >= 4 is 12.2 Å². The number of alkyl carbamates (subject to hydrolysis) is 1. The van der Waals surface area contributed by atoms with Crippen LogP contribution in [0.25, 0.3) is 6.08 Å². The lowest BCUT2D eigenvalue weighted by atomic mass is 10.1. The fraction of sp³-hybridized carbons (Fsp3) is 0.167. The number of carbonyl (C=O) groups excluding carboxylic acids is 1. The third-order valence-corrected chi connectivity index (χ3v) is 3.36. The van der Waals surface area contributed by atoms with Gasteiger partial charge in [0.2, 0.25) is 6.29 Å². The summed E-state index contributed by atoms with van der Waals surface area (Å²) in [5.74, 6) is -1.46. The monoisotopic (exact) mass is 347 g/mol. The van der Waals surface area contributed by atoms with Crippen molar-refractivity contribution in [3.8, 4) is 0 Å². The first-order chi connectivity index (χ1) is 12.1. The lowest BCUT2D eigenvalue weighted by Crippen LogP contribution is -2.40. The lowest BCUT2D eigenvalue weighted by Gasteiger charge is -2.29. The maximum absolute atomic E-state index is 13.3. The minimum absolute atomic E-state index is 0.0697. The molecule has 3 rings (SSSR count). The average molecular weight is 347 g/mol. The van der Waals surface area contributed by atoms with E-state index in [1.165, 1.54) is 6.08 Å². The Labute approximate surface area is 142 Å². The first-order valence-electron chi connectivity index (χ1n) is 7.49. The van der Waals surface area contributed by atoms with Gasteiger partial charge in [0.15, 0.2) is 6.79 Å². The van der Waals surface area contributed by atoms with Gasteiger partial charge in [0.05, 0.1) is 5.70 Å². The zero-order valence-corrected chi connectivity index (χ0v) is 13.1. The van der Waals surface area contributed by atoms with Crippen molar-refractivity contribution in [2.75, 3.05) is 6.79 Å². The van der Waals surface area contributed by atoms with E-state index >= 15 is 0 Å². The van der Waals surface area contributed by atoms with E-state index < -0.39 is 24.0 Å². The molecule has 0 unspecified atom stereocenters. The fourth-order valence-corrected chi connectivity index (χ4v) is 2.19. The van der Waals surface area contributed by atoms with Crippen LogP contribution in [0, 0.1) is 11.6 Å². The van der Waals surface area contributed by atoms with Gasteiger partial charge in [0.25, 0.3) is 0 Å². The van der Waals surface area contributed by atoms with Gasteiger partial charge in [-0.25, -0.2) is 13.6 Å². The molecule has 0 saturated carbocycles. The van der Waals surface area contributed by atoms with E-state index in [0.29, 0.717) is 0 Å². The predicted molar refractivity (Wildman–Crippen MR) is 84.9 cm³/mol. The number of rotatable bonds is 5. The second kappa shape index (κ2) is 7.87. The molecule has 25 heavy (non-hydrogen) atoms. The molecule has 1 aliphatic rings. The highest BCUT2D eigenvalue weighted by molar-refractivity contribution is 5.72. The van der Waals surface area contributed by atoms with Crippen LogP contribution in [-0.2, 0) is 20.8 Å². The molecule has 0 radical (unpaired) electrons. The van der Waals surface area contributed by atoms with Crippen LogP contribution in [0.5, 0.6) is 0 Å². The second-order valence-corrected chi connectivity index (χ2v) is 5.27. The molecular formula is C18H15F2NO4. The number of hydrogen-bond acceptors (Lipinski definition) is 4. The number of nitrogens with one attached hydrogen (secondary N) is 1. The predicted octanol–water partition coefficient (Wildman–Crippen LogP) is 3.56. The average Bonchev–Trinajstić information content (AvgIpc) is 2.51. The number of ether oxygens (including phenoxy) is 3. The molecule has 1 amide bonds. The quantitative estimate of drug-likeness (QED) is 0.898. The van der Waals surface area contributed by atoms with Crippen molar-refractivity contribution in [2.24, 2.45) is 0 Å². The minimum Gasteiger partial charge on any atom is -0.444 e. The van der Waals surface area contributed by atoms with Crippen molar-refractivity contribution in [3.05, 3.63) is 77.0 Å². The van der Waals surface area contributed by atoms with E-state index in [2.05, 4.69) is 5.32 Å². The number of carbonyl (C=O) groups is 1. The van der Waals surface area contributed by atoms with E-state index in [9.17, 15) is 13.6 Å². The van der Waals surface area contributed by atoms with Gasteiger partial charge in [-0.05, 0) is 29.3 Å². The highest BCUT2D eigenvalue weighted by Crippen LogP contribution is 2.19. The van der Waals surface area contributed by atoms with Gasteiger partial charge in [-0.15, -0.1) is 0 Å². The zero-order valence-electron chi connectivity index (χ0n) is 13.1. The molecule has 0 aromatic heterocycles. The van der Waals surface area contributed by atoms with Gasteiger partial charge in [0.1, 0.15) is 18.2 Å². The molecule has 2 aromatic carbocycles. The Bertz CT molecular complexity index is 756. The summed E-state index contributed by atoms with van der Waals surface area (Å²) in [6.45, 7) is 0.154. The normalized spacial score (nSPS) is 14.7. The van der Waals surface area contributed by atoms with Crippen molar-refractivity contribution in [3.63, 3.8) is 0 Å². The number of hydrogen-bond donors (Lipinski definition) is 1. The van der Waals surface area contributed by atoms with Crippen molar-refractivity contribution in [1.29, 1.82) is 0 Å². The van der Waals surface area contributed by atoms with E-state index in [4.69, 9.17) is 14.2 Å². The Morgan fingerprint density at radius 1 is 1.16 bits per heavy atom. The summed E-state index contributed by atoms with van der Waals surface area (Å²) >= 11 is 0. The molecule has 1 N–H and O–H groups in total. The van der Waals surface area contributed by atoms with Crippen LogP contribution in [0.2, 0.25) is 0 Å². The minimum atomic E-state index is -0.824.